The van der Waals surface area contributed by atoms with Crippen LogP contribution in [0, 0.1) is 5.92 Å². The van der Waals surface area contributed by atoms with E-state index in [1.807, 2.05) is 0 Å². The standard InChI is InChI=1S/C12H18N2O2/c1-4-9(2)8-14(3)12(16)10-7-13-6-5-11(10)15/h5-7,9H,4,8H2,1-3H3,(H,13,15). The van der Waals surface area contributed by atoms with E-state index < -0.39 is 0 Å². The van der Waals surface area contributed by atoms with Gasteiger partial charge in [0, 0.05) is 32.1 Å². The molecule has 1 amide bonds. The summed E-state index contributed by atoms with van der Waals surface area (Å²) in [5.74, 6) is 0.221. The number of H-pyrrole nitrogens is 1. The van der Waals surface area contributed by atoms with E-state index in [0.717, 1.165) is 6.42 Å². The lowest BCUT2D eigenvalue weighted by Crippen LogP contribution is -2.33. The Morgan fingerprint density at radius 3 is 2.81 bits per heavy atom. The zero-order valence-electron chi connectivity index (χ0n) is 9.99. The predicted molar refractivity (Wildman–Crippen MR) is 63.5 cm³/mol. The molecule has 0 aromatic carbocycles. The summed E-state index contributed by atoms with van der Waals surface area (Å²) in [4.78, 5) is 27.7. The number of carbonyl (C=O) groups is 1. The van der Waals surface area contributed by atoms with Gasteiger partial charge < -0.3 is 9.88 Å². The van der Waals surface area contributed by atoms with Crippen LogP contribution in [0.15, 0.2) is 23.3 Å². The SMILES string of the molecule is CCC(C)CN(C)C(=O)c1c[nH]ccc1=O. The molecule has 1 aromatic heterocycles. The zero-order valence-corrected chi connectivity index (χ0v) is 9.99. The van der Waals surface area contributed by atoms with Gasteiger partial charge >= 0.3 is 0 Å². The van der Waals surface area contributed by atoms with Gasteiger partial charge in [0.1, 0.15) is 5.56 Å². The maximum Gasteiger partial charge on any atom is 0.259 e. The highest BCUT2D eigenvalue weighted by Crippen LogP contribution is 2.05. The van der Waals surface area contributed by atoms with Crippen LogP contribution in [0.2, 0.25) is 0 Å². The van der Waals surface area contributed by atoms with Crippen molar-refractivity contribution in [2.75, 3.05) is 13.6 Å². The average molecular weight is 222 g/mol. The normalized spacial score (nSPS) is 12.2. The van der Waals surface area contributed by atoms with Gasteiger partial charge in [-0.2, -0.15) is 0 Å². The van der Waals surface area contributed by atoms with Crippen LogP contribution in [0.4, 0.5) is 0 Å². The topological polar surface area (TPSA) is 53.2 Å². The van der Waals surface area contributed by atoms with Gasteiger partial charge in [-0.25, -0.2) is 0 Å². The van der Waals surface area contributed by atoms with Gasteiger partial charge in [-0.15, -0.1) is 0 Å². The average Bonchev–Trinajstić information content (AvgIpc) is 2.28. The van der Waals surface area contributed by atoms with E-state index in [2.05, 4.69) is 18.8 Å². The quantitative estimate of drug-likeness (QED) is 0.839. The van der Waals surface area contributed by atoms with E-state index in [9.17, 15) is 9.59 Å². The molecule has 0 radical (unpaired) electrons. The molecular weight excluding hydrogens is 204 g/mol. The van der Waals surface area contributed by atoms with Crippen LogP contribution in [-0.2, 0) is 0 Å². The van der Waals surface area contributed by atoms with Crippen molar-refractivity contribution in [3.05, 3.63) is 34.2 Å². The molecule has 0 aliphatic rings. The van der Waals surface area contributed by atoms with Gasteiger partial charge in [0.2, 0.25) is 0 Å². The molecule has 16 heavy (non-hydrogen) atoms. The minimum absolute atomic E-state index is 0.202. The van der Waals surface area contributed by atoms with Crippen molar-refractivity contribution in [2.24, 2.45) is 5.92 Å². The van der Waals surface area contributed by atoms with Gasteiger partial charge in [-0.1, -0.05) is 20.3 Å². The Morgan fingerprint density at radius 2 is 2.25 bits per heavy atom. The summed E-state index contributed by atoms with van der Waals surface area (Å²) in [7, 11) is 1.72. The molecule has 88 valence electrons. The molecule has 4 heteroatoms. The summed E-state index contributed by atoms with van der Waals surface area (Å²) in [6, 6.07) is 1.37. The molecule has 1 unspecified atom stereocenters. The van der Waals surface area contributed by atoms with Gasteiger partial charge in [0.25, 0.3) is 5.91 Å². The molecule has 1 aromatic rings. The predicted octanol–water partition coefficient (Wildman–Crippen LogP) is 1.49. The molecule has 0 aliphatic carbocycles. The second kappa shape index (κ2) is 5.49. The number of aromatic amines is 1. The van der Waals surface area contributed by atoms with E-state index >= 15 is 0 Å². The lowest BCUT2D eigenvalue weighted by atomic mass is 10.1. The lowest BCUT2D eigenvalue weighted by Gasteiger charge is -2.20. The fourth-order valence-corrected chi connectivity index (χ4v) is 1.47. The van der Waals surface area contributed by atoms with Crippen molar-refractivity contribution in [3.8, 4) is 0 Å². The minimum atomic E-state index is -0.236. The van der Waals surface area contributed by atoms with Crippen LogP contribution in [0.5, 0.6) is 0 Å². The minimum Gasteiger partial charge on any atom is -0.367 e. The van der Waals surface area contributed by atoms with Crippen LogP contribution in [-0.4, -0.2) is 29.4 Å². The van der Waals surface area contributed by atoms with E-state index in [1.54, 1.807) is 11.9 Å². The largest absolute Gasteiger partial charge is 0.367 e. The number of nitrogens with one attached hydrogen (secondary N) is 1. The Morgan fingerprint density at radius 1 is 1.56 bits per heavy atom. The van der Waals surface area contributed by atoms with Crippen LogP contribution in [0.3, 0.4) is 0 Å². The molecular formula is C12H18N2O2. The molecule has 0 spiro atoms. The number of amides is 1. The maximum atomic E-state index is 11.9. The molecule has 0 saturated carbocycles. The third-order valence-corrected chi connectivity index (χ3v) is 2.68. The molecule has 1 heterocycles. The second-order valence-corrected chi connectivity index (χ2v) is 4.12. The first-order valence-electron chi connectivity index (χ1n) is 5.48. The van der Waals surface area contributed by atoms with Crippen LogP contribution >= 0.6 is 0 Å². The van der Waals surface area contributed by atoms with Crippen molar-refractivity contribution >= 4 is 5.91 Å². The van der Waals surface area contributed by atoms with Crippen molar-refractivity contribution in [1.29, 1.82) is 0 Å². The molecule has 4 nitrogen and oxygen atoms in total. The zero-order chi connectivity index (χ0) is 12.1. The van der Waals surface area contributed by atoms with Gasteiger partial charge in [0.05, 0.1) is 0 Å². The van der Waals surface area contributed by atoms with E-state index in [4.69, 9.17) is 0 Å². The summed E-state index contributed by atoms with van der Waals surface area (Å²) in [5, 5.41) is 0. The third-order valence-electron chi connectivity index (χ3n) is 2.68. The van der Waals surface area contributed by atoms with Crippen LogP contribution in [0.1, 0.15) is 30.6 Å². The molecule has 1 atom stereocenters. The smallest absolute Gasteiger partial charge is 0.259 e. The Kier molecular flexibility index (Phi) is 4.28. The van der Waals surface area contributed by atoms with Crippen molar-refractivity contribution in [3.63, 3.8) is 0 Å². The van der Waals surface area contributed by atoms with E-state index in [1.165, 1.54) is 18.5 Å². The highest BCUT2D eigenvalue weighted by molar-refractivity contribution is 5.93. The number of pyridine rings is 1. The van der Waals surface area contributed by atoms with Crippen molar-refractivity contribution in [2.45, 2.75) is 20.3 Å². The fraction of sp³-hybridized carbons (Fsp3) is 0.500. The maximum absolute atomic E-state index is 11.9. The van der Waals surface area contributed by atoms with Crippen LogP contribution < -0.4 is 5.43 Å². The Balaban J connectivity index is 2.79. The van der Waals surface area contributed by atoms with E-state index in [-0.39, 0.29) is 16.9 Å². The third kappa shape index (κ3) is 2.95. The molecule has 1 N–H and O–H groups in total. The first-order chi connectivity index (χ1) is 7.56. The van der Waals surface area contributed by atoms with Gasteiger partial charge in [-0.3, -0.25) is 9.59 Å². The van der Waals surface area contributed by atoms with Crippen molar-refractivity contribution < 1.29 is 4.79 Å². The Hall–Kier alpha value is -1.58. The second-order valence-electron chi connectivity index (χ2n) is 4.12. The van der Waals surface area contributed by atoms with E-state index in [0.29, 0.717) is 12.5 Å². The molecule has 0 bridgehead atoms. The number of aromatic nitrogens is 1. The summed E-state index contributed by atoms with van der Waals surface area (Å²) >= 11 is 0. The summed E-state index contributed by atoms with van der Waals surface area (Å²) in [6.45, 7) is 4.83. The first kappa shape index (κ1) is 12.5. The van der Waals surface area contributed by atoms with Gasteiger partial charge in [0.15, 0.2) is 5.43 Å². The number of nitrogens with zero attached hydrogens (tertiary/aromatic N) is 1. The van der Waals surface area contributed by atoms with Gasteiger partial charge in [-0.05, 0) is 5.92 Å². The number of rotatable bonds is 4. The molecule has 0 fully saturated rings. The Labute approximate surface area is 95.3 Å². The van der Waals surface area contributed by atoms with Crippen LogP contribution in [0.25, 0.3) is 0 Å². The summed E-state index contributed by atoms with van der Waals surface area (Å²) in [6.07, 6.45) is 3.99. The summed E-state index contributed by atoms with van der Waals surface area (Å²) in [5.41, 5.74) is -0.0342. The molecule has 0 saturated heterocycles. The number of hydrogen-bond donors (Lipinski definition) is 1. The summed E-state index contributed by atoms with van der Waals surface area (Å²) < 4.78 is 0. The first-order valence-corrected chi connectivity index (χ1v) is 5.48. The van der Waals surface area contributed by atoms with Crippen molar-refractivity contribution in [1.82, 2.24) is 9.88 Å². The fourth-order valence-electron chi connectivity index (χ4n) is 1.47. The lowest BCUT2D eigenvalue weighted by molar-refractivity contribution is 0.0773. The molecule has 0 aliphatic heterocycles. The highest BCUT2D eigenvalue weighted by atomic mass is 16.2. The number of hydrogen-bond acceptors (Lipinski definition) is 2. The highest BCUT2D eigenvalue weighted by Gasteiger charge is 2.15. The number of carbonyl (C=O) groups excluding carboxylic acids is 1. The molecule has 1 rings (SSSR count). The Bertz CT molecular complexity index is 411. The monoisotopic (exact) mass is 222 g/mol.